The average molecular weight is 548 g/mol. The van der Waals surface area contributed by atoms with E-state index in [9.17, 15) is 0 Å². The van der Waals surface area contributed by atoms with Gasteiger partial charge >= 0.3 is 0 Å². The van der Waals surface area contributed by atoms with Gasteiger partial charge in [-0.15, -0.1) is 10.2 Å². The zero-order chi connectivity index (χ0) is 28.0. The zero-order valence-electron chi connectivity index (χ0n) is 24.3. The predicted octanol–water partition coefficient (Wildman–Crippen LogP) is 3.76. The number of aryl methyl sites for hydroxylation is 1. The Morgan fingerprint density at radius 1 is 0.750 bits per heavy atom. The largest absolute Gasteiger partial charge is 0.348 e. The Labute approximate surface area is 238 Å². The van der Waals surface area contributed by atoms with Crippen LogP contribution in [-0.4, -0.2) is 81.0 Å². The highest BCUT2D eigenvalue weighted by Crippen LogP contribution is 2.15. The van der Waals surface area contributed by atoms with Crippen LogP contribution in [0, 0.1) is 0 Å². The van der Waals surface area contributed by atoms with Crippen molar-refractivity contribution in [1.82, 2.24) is 54.8 Å². The van der Waals surface area contributed by atoms with E-state index in [1.807, 2.05) is 25.6 Å². The van der Waals surface area contributed by atoms with E-state index >= 15 is 0 Å². The maximum atomic E-state index is 4.53. The Morgan fingerprint density at radius 3 is 2.02 bits per heavy atom. The number of imidazole rings is 2. The first kappa shape index (κ1) is 29.6. The van der Waals surface area contributed by atoms with Crippen LogP contribution in [0.1, 0.15) is 68.1 Å². The van der Waals surface area contributed by atoms with Gasteiger partial charge in [-0.25, -0.2) is 9.97 Å². The van der Waals surface area contributed by atoms with Crippen LogP contribution < -0.4 is 0 Å². The highest BCUT2D eigenvalue weighted by Gasteiger charge is 2.14. The number of benzene rings is 1. The number of H-pyrrole nitrogens is 2. The van der Waals surface area contributed by atoms with Crippen LogP contribution in [0.2, 0.25) is 0 Å². The van der Waals surface area contributed by atoms with E-state index in [1.165, 1.54) is 50.0 Å². The summed E-state index contributed by atoms with van der Waals surface area (Å²) in [5.74, 6) is 2.72. The molecule has 0 saturated heterocycles. The van der Waals surface area contributed by atoms with Gasteiger partial charge in [0, 0.05) is 44.9 Å². The summed E-state index contributed by atoms with van der Waals surface area (Å²) >= 11 is 0. The zero-order valence-corrected chi connectivity index (χ0v) is 24.3. The molecular weight excluding hydrogens is 502 g/mol. The maximum absolute atomic E-state index is 4.53. The third kappa shape index (κ3) is 9.65. The van der Waals surface area contributed by atoms with Gasteiger partial charge < -0.3 is 14.5 Å². The van der Waals surface area contributed by atoms with Gasteiger partial charge in [0.25, 0.3) is 0 Å². The van der Waals surface area contributed by atoms with Crippen molar-refractivity contribution in [3.8, 4) is 0 Å². The number of unbranched alkanes of at least 4 members (excludes halogenated alkanes) is 1. The maximum Gasteiger partial charge on any atom is 0.188 e. The molecule has 11 nitrogen and oxygen atoms in total. The average Bonchev–Trinajstić information content (AvgIpc) is 3.73. The third-order valence-corrected chi connectivity index (χ3v) is 7.08. The number of rotatable bonds is 19. The molecule has 3 aromatic heterocycles. The van der Waals surface area contributed by atoms with E-state index in [2.05, 4.69) is 93.0 Å². The van der Waals surface area contributed by atoms with Crippen molar-refractivity contribution >= 4 is 0 Å². The Balaban J connectivity index is 1.34. The molecule has 0 amide bonds. The Kier molecular flexibility index (Phi) is 11.8. The lowest BCUT2D eigenvalue weighted by Crippen LogP contribution is -2.28. The van der Waals surface area contributed by atoms with Crippen LogP contribution >= 0.6 is 0 Å². The van der Waals surface area contributed by atoms with Gasteiger partial charge in [0.15, 0.2) is 5.82 Å². The molecular formula is C29H45N11. The van der Waals surface area contributed by atoms with Crippen molar-refractivity contribution in [3.05, 3.63) is 77.7 Å². The van der Waals surface area contributed by atoms with Gasteiger partial charge in [-0.2, -0.15) is 5.21 Å². The summed E-state index contributed by atoms with van der Waals surface area (Å²) in [6.07, 6.45) is 12.3. The number of hydrogen-bond acceptors (Lipinski definition) is 8. The summed E-state index contributed by atoms with van der Waals surface area (Å²) in [7, 11) is 2.04. The second kappa shape index (κ2) is 16.0. The van der Waals surface area contributed by atoms with Gasteiger partial charge in [-0.1, -0.05) is 43.3 Å². The molecule has 0 bridgehead atoms. The van der Waals surface area contributed by atoms with Crippen LogP contribution in [0.3, 0.4) is 0 Å². The molecule has 3 heterocycles. The first-order valence-corrected chi connectivity index (χ1v) is 14.5. The van der Waals surface area contributed by atoms with Crippen LogP contribution in [-0.2, 0) is 39.8 Å². The summed E-state index contributed by atoms with van der Waals surface area (Å²) in [6.45, 7) is 12.9. The topological polar surface area (TPSA) is 111 Å². The minimum atomic E-state index is 0.687. The number of aromatic nitrogens is 8. The van der Waals surface area contributed by atoms with E-state index in [1.54, 1.807) is 6.20 Å². The van der Waals surface area contributed by atoms with Gasteiger partial charge in [-0.05, 0) is 63.0 Å². The number of hydrogen-bond donors (Lipinski definition) is 2. The minimum absolute atomic E-state index is 0.687. The molecule has 216 valence electrons. The molecule has 0 atom stereocenters. The number of nitrogens with zero attached hydrogens (tertiary/aromatic N) is 9. The highest BCUT2D eigenvalue weighted by atomic mass is 15.5. The highest BCUT2D eigenvalue weighted by molar-refractivity contribution is 5.22. The molecule has 0 saturated carbocycles. The number of tetrazole rings is 1. The van der Waals surface area contributed by atoms with E-state index in [0.717, 1.165) is 56.6 Å². The standard InChI is InChI=1S/C29H45N11/c1-4-15-38(16-5-2)17-6-7-18-39(23-28-33-35-36-34-28)20-25-8-10-26(11-9-25)21-40(22-27-30-12-13-31-27)24-29-32-14-19-37(29)3/h8-14,19H,4-7,15-18,20-24H2,1-3H3,(H,30,31)(H,33,34,35,36). The van der Waals surface area contributed by atoms with Crippen molar-refractivity contribution < 1.29 is 0 Å². The van der Waals surface area contributed by atoms with Crippen molar-refractivity contribution in [3.63, 3.8) is 0 Å². The van der Waals surface area contributed by atoms with E-state index in [4.69, 9.17) is 0 Å². The molecule has 2 N–H and O–H groups in total. The summed E-state index contributed by atoms with van der Waals surface area (Å²) in [6, 6.07) is 8.97. The Hall–Kier alpha value is -3.41. The second-order valence-electron chi connectivity index (χ2n) is 10.5. The fourth-order valence-electron chi connectivity index (χ4n) is 5.08. The van der Waals surface area contributed by atoms with Crippen molar-refractivity contribution in [2.75, 3.05) is 26.2 Å². The third-order valence-electron chi connectivity index (χ3n) is 7.08. The molecule has 1 aromatic carbocycles. The van der Waals surface area contributed by atoms with Gasteiger partial charge in [0.1, 0.15) is 11.6 Å². The summed E-state index contributed by atoms with van der Waals surface area (Å²) in [4.78, 5) is 19.6. The number of nitrogens with one attached hydrogen (secondary N) is 2. The lowest BCUT2D eigenvalue weighted by Gasteiger charge is -2.24. The normalized spacial score (nSPS) is 11.8. The lowest BCUT2D eigenvalue weighted by molar-refractivity contribution is 0.227. The minimum Gasteiger partial charge on any atom is -0.348 e. The summed E-state index contributed by atoms with van der Waals surface area (Å²) in [5, 5.41) is 14.7. The molecule has 0 aliphatic rings. The fourth-order valence-corrected chi connectivity index (χ4v) is 5.08. The second-order valence-corrected chi connectivity index (χ2v) is 10.5. The van der Waals surface area contributed by atoms with Gasteiger partial charge in [0.2, 0.25) is 0 Å². The van der Waals surface area contributed by atoms with E-state index < -0.39 is 0 Å². The van der Waals surface area contributed by atoms with Crippen molar-refractivity contribution in [1.29, 1.82) is 0 Å². The molecule has 11 heteroatoms. The van der Waals surface area contributed by atoms with Crippen molar-refractivity contribution in [2.24, 2.45) is 7.05 Å². The number of aromatic amines is 2. The molecule has 0 unspecified atom stereocenters. The predicted molar refractivity (Wildman–Crippen MR) is 156 cm³/mol. The quantitative estimate of drug-likeness (QED) is 0.171. The summed E-state index contributed by atoms with van der Waals surface area (Å²) < 4.78 is 2.07. The molecule has 0 fully saturated rings. The molecule has 4 aromatic rings. The van der Waals surface area contributed by atoms with Crippen LogP contribution in [0.5, 0.6) is 0 Å². The van der Waals surface area contributed by atoms with Gasteiger partial charge in [-0.3, -0.25) is 9.80 Å². The molecule has 4 rings (SSSR count). The van der Waals surface area contributed by atoms with E-state index in [-0.39, 0.29) is 0 Å². The van der Waals surface area contributed by atoms with Crippen LogP contribution in [0.15, 0.2) is 49.1 Å². The van der Waals surface area contributed by atoms with Crippen LogP contribution in [0.4, 0.5) is 0 Å². The SMILES string of the molecule is CCCN(CCC)CCCCN(Cc1ccc(CN(Cc2ncc[nH]2)Cc2nccn2C)cc1)Cc1nn[nH]n1. The first-order valence-electron chi connectivity index (χ1n) is 14.5. The van der Waals surface area contributed by atoms with Crippen LogP contribution in [0.25, 0.3) is 0 Å². The molecule has 0 aliphatic heterocycles. The Bertz CT molecular complexity index is 1180. The molecule has 0 spiro atoms. The molecule has 0 aliphatic carbocycles. The first-order chi connectivity index (χ1) is 19.6. The van der Waals surface area contributed by atoms with Crippen molar-refractivity contribution in [2.45, 2.75) is 72.3 Å². The molecule has 40 heavy (non-hydrogen) atoms. The van der Waals surface area contributed by atoms with E-state index in [0.29, 0.717) is 6.54 Å². The monoisotopic (exact) mass is 547 g/mol. The smallest absolute Gasteiger partial charge is 0.188 e. The lowest BCUT2D eigenvalue weighted by atomic mass is 10.1. The fraction of sp³-hybridized carbons (Fsp3) is 0.552. The summed E-state index contributed by atoms with van der Waals surface area (Å²) in [5.41, 5.74) is 2.55. The Morgan fingerprint density at radius 2 is 1.45 bits per heavy atom. The molecule has 0 radical (unpaired) electrons. The van der Waals surface area contributed by atoms with Gasteiger partial charge in [0.05, 0.1) is 19.6 Å².